The van der Waals surface area contributed by atoms with Crippen molar-refractivity contribution in [3.63, 3.8) is 0 Å². The van der Waals surface area contributed by atoms with E-state index in [-0.39, 0.29) is 0 Å². The Morgan fingerprint density at radius 1 is 1.00 bits per heavy atom. The fourth-order valence-electron chi connectivity index (χ4n) is 2.77. The number of nitrogens with one attached hydrogen (secondary N) is 1. The van der Waals surface area contributed by atoms with E-state index in [0.29, 0.717) is 5.95 Å². The Kier molecular flexibility index (Phi) is 5.69. The quantitative estimate of drug-likeness (QED) is 0.678. The first-order valence-electron chi connectivity index (χ1n) is 8.74. The summed E-state index contributed by atoms with van der Waals surface area (Å²) in [6.07, 6.45) is 0. The lowest BCUT2D eigenvalue weighted by Crippen LogP contribution is -2.24. The predicted octanol–water partition coefficient (Wildman–Crippen LogP) is 4.56. The summed E-state index contributed by atoms with van der Waals surface area (Å²) in [5.41, 5.74) is 3.03. The number of rotatable bonds is 7. The molecule has 134 valence electrons. The molecule has 1 aromatic heterocycles. The van der Waals surface area contributed by atoms with Crippen molar-refractivity contribution in [2.75, 3.05) is 23.9 Å². The van der Waals surface area contributed by atoms with Crippen molar-refractivity contribution in [3.8, 4) is 5.75 Å². The first-order chi connectivity index (χ1) is 12.7. The first-order valence-corrected chi connectivity index (χ1v) is 8.74. The van der Waals surface area contributed by atoms with Crippen LogP contribution in [-0.2, 0) is 6.54 Å². The van der Waals surface area contributed by atoms with Gasteiger partial charge in [-0.05, 0) is 31.5 Å². The molecule has 0 atom stereocenters. The molecule has 1 heterocycles. The van der Waals surface area contributed by atoms with Gasteiger partial charge in [0.25, 0.3) is 0 Å². The van der Waals surface area contributed by atoms with E-state index in [1.165, 1.54) is 5.56 Å². The molecule has 0 spiro atoms. The Balaban J connectivity index is 1.86. The second-order valence-corrected chi connectivity index (χ2v) is 6.02. The van der Waals surface area contributed by atoms with Gasteiger partial charge < -0.3 is 15.0 Å². The molecular formula is C21H24N4O. The number of anilines is 3. The topological polar surface area (TPSA) is 50.3 Å². The maximum Gasteiger partial charge on any atom is 0.227 e. The van der Waals surface area contributed by atoms with Crippen LogP contribution in [0.25, 0.3) is 0 Å². The highest BCUT2D eigenvalue weighted by atomic mass is 16.5. The number of aryl methyl sites for hydroxylation is 1. The summed E-state index contributed by atoms with van der Waals surface area (Å²) in [6, 6.07) is 20.1. The van der Waals surface area contributed by atoms with Gasteiger partial charge in [-0.25, -0.2) is 4.98 Å². The number of para-hydroxylation sites is 2. The van der Waals surface area contributed by atoms with Crippen molar-refractivity contribution >= 4 is 17.5 Å². The normalized spacial score (nSPS) is 10.4. The lowest BCUT2D eigenvalue weighted by molar-refractivity contribution is 0.417. The molecule has 0 bridgehead atoms. The van der Waals surface area contributed by atoms with Crippen LogP contribution in [-0.4, -0.2) is 23.6 Å². The van der Waals surface area contributed by atoms with E-state index in [2.05, 4.69) is 46.4 Å². The van der Waals surface area contributed by atoms with Gasteiger partial charge in [0.05, 0.1) is 12.8 Å². The Labute approximate surface area is 154 Å². The minimum atomic E-state index is 0.716. The van der Waals surface area contributed by atoms with Crippen molar-refractivity contribution in [1.82, 2.24) is 9.97 Å². The average molecular weight is 348 g/mol. The zero-order chi connectivity index (χ0) is 18.4. The second-order valence-electron chi connectivity index (χ2n) is 6.02. The summed E-state index contributed by atoms with van der Waals surface area (Å²) in [5.74, 6) is 2.25. The van der Waals surface area contributed by atoms with Crippen LogP contribution in [0, 0.1) is 6.92 Å². The van der Waals surface area contributed by atoms with Crippen LogP contribution in [0.1, 0.15) is 18.2 Å². The van der Waals surface area contributed by atoms with Gasteiger partial charge in [-0.2, -0.15) is 4.98 Å². The Hall–Kier alpha value is -3.08. The zero-order valence-electron chi connectivity index (χ0n) is 15.4. The Bertz CT molecular complexity index is 852. The molecule has 5 nitrogen and oxygen atoms in total. The minimum absolute atomic E-state index is 0.716. The van der Waals surface area contributed by atoms with Crippen LogP contribution in [0.3, 0.4) is 0 Å². The summed E-state index contributed by atoms with van der Waals surface area (Å²) in [6.45, 7) is 5.69. The van der Waals surface area contributed by atoms with Crippen molar-refractivity contribution in [2.45, 2.75) is 20.4 Å². The molecule has 1 N–H and O–H groups in total. The monoisotopic (exact) mass is 348 g/mol. The smallest absolute Gasteiger partial charge is 0.227 e. The summed E-state index contributed by atoms with van der Waals surface area (Å²) in [5, 5.41) is 3.34. The number of hydrogen-bond acceptors (Lipinski definition) is 5. The number of benzene rings is 2. The summed E-state index contributed by atoms with van der Waals surface area (Å²) < 4.78 is 5.41. The van der Waals surface area contributed by atoms with Gasteiger partial charge >= 0.3 is 0 Å². The number of nitrogens with zero attached hydrogens (tertiary/aromatic N) is 3. The highest BCUT2D eigenvalue weighted by Gasteiger charge is 2.12. The fourth-order valence-corrected chi connectivity index (χ4v) is 2.77. The van der Waals surface area contributed by atoms with E-state index in [0.717, 1.165) is 36.0 Å². The standard InChI is InChI=1S/C21H24N4O/c1-4-25(15-17-10-6-5-7-11-17)21-22-16(2)14-20(24-21)23-18-12-8-9-13-19(18)26-3/h5-14H,4,15H2,1-3H3,(H,22,23,24). The maximum absolute atomic E-state index is 5.41. The SMILES string of the molecule is CCN(Cc1ccccc1)c1nc(C)cc(Nc2ccccc2OC)n1. The lowest BCUT2D eigenvalue weighted by Gasteiger charge is -2.22. The molecule has 0 aliphatic carbocycles. The molecule has 3 aromatic rings. The van der Waals surface area contributed by atoms with Crippen LogP contribution in [0.4, 0.5) is 17.5 Å². The fraction of sp³-hybridized carbons (Fsp3) is 0.238. The molecule has 2 aromatic carbocycles. The van der Waals surface area contributed by atoms with Gasteiger partial charge in [-0.15, -0.1) is 0 Å². The highest BCUT2D eigenvalue weighted by Crippen LogP contribution is 2.27. The van der Waals surface area contributed by atoms with Crippen molar-refractivity contribution in [2.24, 2.45) is 0 Å². The van der Waals surface area contributed by atoms with Crippen LogP contribution < -0.4 is 15.0 Å². The van der Waals surface area contributed by atoms with Crippen LogP contribution in [0.15, 0.2) is 60.7 Å². The number of hydrogen-bond donors (Lipinski definition) is 1. The first kappa shape index (κ1) is 17.7. The molecule has 0 saturated carbocycles. The third kappa shape index (κ3) is 4.30. The van der Waals surface area contributed by atoms with Crippen molar-refractivity contribution in [1.29, 1.82) is 0 Å². The van der Waals surface area contributed by atoms with Gasteiger partial charge in [0, 0.05) is 24.8 Å². The molecular weight excluding hydrogens is 324 g/mol. The number of aromatic nitrogens is 2. The van der Waals surface area contributed by atoms with Gasteiger partial charge in [0.15, 0.2) is 0 Å². The molecule has 0 aliphatic heterocycles. The van der Waals surface area contributed by atoms with Crippen molar-refractivity contribution < 1.29 is 4.74 Å². The molecule has 0 aliphatic rings. The predicted molar refractivity (Wildman–Crippen MR) is 106 cm³/mol. The van der Waals surface area contributed by atoms with E-state index >= 15 is 0 Å². The highest BCUT2D eigenvalue weighted by molar-refractivity contribution is 5.64. The van der Waals surface area contributed by atoms with Crippen LogP contribution in [0.2, 0.25) is 0 Å². The molecule has 0 fully saturated rings. The number of ether oxygens (including phenoxy) is 1. The largest absolute Gasteiger partial charge is 0.495 e. The maximum atomic E-state index is 5.41. The Morgan fingerprint density at radius 3 is 2.46 bits per heavy atom. The van der Waals surface area contributed by atoms with Crippen LogP contribution >= 0.6 is 0 Å². The van der Waals surface area contributed by atoms with Crippen LogP contribution in [0.5, 0.6) is 5.75 Å². The minimum Gasteiger partial charge on any atom is -0.495 e. The van der Waals surface area contributed by atoms with Crippen molar-refractivity contribution in [3.05, 3.63) is 71.9 Å². The molecule has 0 radical (unpaired) electrons. The van der Waals surface area contributed by atoms with E-state index in [1.54, 1.807) is 7.11 Å². The third-order valence-electron chi connectivity index (χ3n) is 4.09. The summed E-state index contributed by atoms with van der Waals surface area (Å²) in [7, 11) is 1.66. The average Bonchev–Trinajstić information content (AvgIpc) is 2.67. The van der Waals surface area contributed by atoms with Gasteiger partial charge in [-0.1, -0.05) is 42.5 Å². The summed E-state index contributed by atoms with van der Waals surface area (Å²) >= 11 is 0. The molecule has 0 amide bonds. The molecule has 5 heteroatoms. The van der Waals surface area contributed by atoms with Gasteiger partial charge in [0.2, 0.25) is 5.95 Å². The van der Waals surface area contributed by atoms with E-state index < -0.39 is 0 Å². The molecule has 26 heavy (non-hydrogen) atoms. The van der Waals surface area contributed by atoms with Gasteiger partial charge in [-0.3, -0.25) is 0 Å². The van der Waals surface area contributed by atoms with E-state index in [4.69, 9.17) is 9.72 Å². The summed E-state index contributed by atoms with van der Waals surface area (Å²) in [4.78, 5) is 11.5. The van der Waals surface area contributed by atoms with E-state index in [9.17, 15) is 0 Å². The molecule has 0 unspecified atom stereocenters. The molecule has 0 saturated heterocycles. The lowest BCUT2D eigenvalue weighted by atomic mass is 10.2. The second kappa shape index (κ2) is 8.34. The van der Waals surface area contributed by atoms with E-state index in [1.807, 2.05) is 43.3 Å². The zero-order valence-corrected chi connectivity index (χ0v) is 15.4. The van der Waals surface area contributed by atoms with Gasteiger partial charge in [0.1, 0.15) is 11.6 Å². The Morgan fingerprint density at radius 2 is 1.73 bits per heavy atom. The molecule has 3 rings (SSSR count). The third-order valence-corrected chi connectivity index (χ3v) is 4.09. The number of methoxy groups -OCH3 is 1.